The normalized spacial score (nSPS) is 19.7. The van der Waals surface area contributed by atoms with E-state index in [0.717, 1.165) is 24.1 Å². The molecule has 106 valence electrons. The highest BCUT2D eigenvalue weighted by atomic mass is 19.1. The maximum absolute atomic E-state index is 14.0. The van der Waals surface area contributed by atoms with Crippen molar-refractivity contribution < 1.29 is 9.13 Å². The molecule has 0 amide bonds. The Morgan fingerprint density at radius 2 is 2.16 bits per heavy atom. The molecule has 19 heavy (non-hydrogen) atoms. The molecule has 1 N–H and O–H groups in total. The Balaban J connectivity index is 2.23. The van der Waals surface area contributed by atoms with Crippen LogP contribution in [0.5, 0.6) is 5.75 Å². The van der Waals surface area contributed by atoms with E-state index in [9.17, 15) is 4.39 Å². The summed E-state index contributed by atoms with van der Waals surface area (Å²) in [7, 11) is 1.61. The van der Waals surface area contributed by atoms with Crippen LogP contribution in [-0.4, -0.2) is 19.7 Å². The predicted molar refractivity (Wildman–Crippen MR) is 76.4 cm³/mol. The lowest BCUT2D eigenvalue weighted by atomic mass is 9.93. The molecule has 0 radical (unpaired) electrons. The SMILES string of the molecule is COc1cc(F)c(C(C)C)cc1CC1CCCCN1. The molecule has 1 aromatic rings. The van der Waals surface area contributed by atoms with Gasteiger partial charge in [0.15, 0.2) is 0 Å². The van der Waals surface area contributed by atoms with E-state index in [0.29, 0.717) is 11.8 Å². The predicted octanol–water partition coefficient (Wildman–Crippen LogP) is 3.64. The van der Waals surface area contributed by atoms with Crippen LogP contribution in [0, 0.1) is 5.82 Å². The lowest BCUT2D eigenvalue weighted by molar-refractivity contribution is 0.379. The van der Waals surface area contributed by atoms with Crippen molar-refractivity contribution in [2.75, 3.05) is 13.7 Å². The van der Waals surface area contributed by atoms with E-state index in [1.54, 1.807) is 7.11 Å². The number of nitrogens with one attached hydrogen (secondary N) is 1. The molecule has 1 atom stereocenters. The molecular formula is C16H24FNO. The van der Waals surface area contributed by atoms with Gasteiger partial charge in [-0.3, -0.25) is 0 Å². The molecule has 0 saturated carbocycles. The molecular weight excluding hydrogens is 241 g/mol. The van der Waals surface area contributed by atoms with E-state index in [2.05, 4.69) is 5.32 Å². The minimum atomic E-state index is -0.160. The smallest absolute Gasteiger partial charge is 0.130 e. The largest absolute Gasteiger partial charge is 0.496 e. The van der Waals surface area contributed by atoms with Crippen LogP contribution in [0.3, 0.4) is 0 Å². The second-order valence-electron chi connectivity index (χ2n) is 5.69. The molecule has 3 heteroatoms. The first-order chi connectivity index (χ1) is 9.11. The molecule has 1 unspecified atom stereocenters. The Morgan fingerprint density at radius 3 is 2.74 bits per heavy atom. The van der Waals surface area contributed by atoms with E-state index in [1.807, 2.05) is 19.9 Å². The fourth-order valence-electron chi connectivity index (χ4n) is 2.77. The number of piperidine rings is 1. The molecule has 1 aliphatic rings. The van der Waals surface area contributed by atoms with Crippen molar-refractivity contribution in [3.63, 3.8) is 0 Å². The Morgan fingerprint density at radius 1 is 1.37 bits per heavy atom. The molecule has 1 aliphatic heterocycles. The standard InChI is InChI=1S/C16H24FNO/c1-11(2)14-9-12(16(19-3)10-15(14)17)8-13-6-4-5-7-18-13/h9-11,13,18H,4-8H2,1-3H3. The molecule has 0 spiro atoms. The van der Waals surface area contributed by atoms with Crippen LogP contribution in [0.2, 0.25) is 0 Å². The summed E-state index contributed by atoms with van der Waals surface area (Å²) in [4.78, 5) is 0. The monoisotopic (exact) mass is 265 g/mol. The summed E-state index contributed by atoms with van der Waals surface area (Å²) in [5.41, 5.74) is 1.90. The van der Waals surface area contributed by atoms with Gasteiger partial charge in [0.2, 0.25) is 0 Å². The molecule has 1 aromatic carbocycles. The number of rotatable bonds is 4. The van der Waals surface area contributed by atoms with E-state index in [1.165, 1.54) is 25.3 Å². The summed E-state index contributed by atoms with van der Waals surface area (Å²) in [6.45, 7) is 5.13. The first-order valence-corrected chi connectivity index (χ1v) is 7.21. The maximum Gasteiger partial charge on any atom is 0.130 e. The van der Waals surface area contributed by atoms with Gasteiger partial charge < -0.3 is 10.1 Å². The van der Waals surface area contributed by atoms with Gasteiger partial charge >= 0.3 is 0 Å². The number of halogens is 1. The molecule has 0 aliphatic carbocycles. The highest BCUT2D eigenvalue weighted by Gasteiger charge is 2.18. The van der Waals surface area contributed by atoms with Crippen LogP contribution in [0.25, 0.3) is 0 Å². The van der Waals surface area contributed by atoms with E-state index >= 15 is 0 Å². The first-order valence-electron chi connectivity index (χ1n) is 7.21. The van der Waals surface area contributed by atoms with Gasteiger partial charge in [0.1, 0.15) is 11.6 Å². The number of ether oxygens (including phenoxy) is 1. The summed E-state index contributed by atoms with van der Waals surface area (Å²) >= 11 is 0. The fraction of sp³-hybridized carbons (Fsp3) is 0.625. The van der Waals surface area contributed by atoms with Crippen LogP contribution in [0.4, 0.5) is 4.39 Å². The highest BCUT2D eigenvalue weighted by Crippen LogP contribution is 2.29. The number of benzene rings is 1. The average Bonchev–Trinajstić information content (AvgIpc) is 2.41. The van der Waals surface area contributed by atoms with Crippen molar-refractivity contribution in [1.29, 1.82) is 0 Å². The zero-order valence-electron chi connectivity index (χ0n) is 12.1. The van der Waals surface area contributed by atoms with Crippen LogP contribution in [0.15, 0.2) is 12.1 Å². The van der Waals surface area contributed by atoms with Gasteiger partial charge in [0.05, 0.1) is 7.11 Å². The number of hydrogen-bond donors (Lipinski definition) is 1. The van der Waals surface area contributed by atoms with Crippen molar-refractivity contribution in [2.45, 2.75) is 51.5 Å². The van der Waals surface area contributed by atoms with Crippen molar-refractivity contribution in [3.8, 4) is 5.75 Å². The first kappa shape index (κ1) is 14.3. The van der Waals surface area contributed by atoms with Gasteiger partial charge in [-0.25, -0.2) is 4.39 Å². The Hall–Kier alpha value is -1.09. The van der Waals surface area contributed by atoms with Crippen molar-refractivity contribution >= 4 is 0 Å². The summed E-state index contributed by atoms with van der Waals surface area (Å²) in [5, 5.41) is 3.53. The Kier molecular flexibility index (Phi) is 4.81. The summed E-state index contributed by atoms with van der Waals surface area (Å²) < 4.78 is 19.3. The van der Waals surface area contributed by atoms with Gasteiger partial charge in [-0.1, -0.05) is 20.3 Å². The van der Waals surface area contributed by atoms with Crippen LogP contribution >= 0.6 is 0 Å². The van der Waals surface area contributed by atoms with Crippen LogP contribution < -0.4 is 10.1 Å². The van der Waals surface area contributed by atoms with Crippen molar-refractivity contribution in [3.05, 3.63) is 29.1 Å². The number of methoxy groups -OCH3 is 1. The second kappa shape index (κ2) is 6.38. The van der Waals surface area contributed by atoms with Crippen LogP contribution in [0.1, 0.15) is 50.2 Å². The molecule has 0 aromatic heterocycles. The zero-order chi connectivity index (χ0) is 13.8. The van der Waals surface area contributed by atoms with Crippen molar-refractivity contribution in [2.24, 2.45) is 0 Å². The Labute approximate surface area is 115 Å². The van der Waals surface area contributed by atoms with E-state index in [-0.39, 0.29) is 11.7 Å². The lowest BCUT2D eigenvalue weighted by Crippen LogP contribution is -2.35. The minimum absolute atomic E-state index is 0.160. The van der Waals surface area contributed by atoms with Gasteiger partial charge in [0, 0.05) is 12.1 Å². The van der Waals surface area contributed by atoms with E-state index in [4.69, 9.17) is 4.74 Å². The quantitative estimate of drug-likeness (QED) is 0.897. The topological polar surface area (TPSA) is 21.3 Å². The Bertz CT molecular complexity index is 425. The third kappa shape index (κ3) is 3.47. The second-order valence-corrected chi connectivity index (χ2v) is 5.69. The summed E-state index contributed by atoms with van der Waals surface area (Å²) in [6.07, 6.45) is 4.65. The average molecular weight is 265 g/mol. The molecule has 0 bridgehead atoms. The molecule has 1 heterocycles. The molecule has 2 nitrogen and oxygen atoms in total. The van der Waals surface area contributed by atoms with Gasteiger partial charge in [0.25, 0.3) is 0 Å². The lowest BCUT2D eigenvalue weighted by Gasteiger charge is -2.24. The minimum Gasteiger partial charge on any atom is -0.496 e. The maximum atomic E-state index is 14.0. The third-order valence-electron chi connectivity index (χ3n) is 3.90. The molecule has 1 saturated heterocycles. The van der Waals surface area contributed by atoms with Gasteiger partial charge in [-0.15, -0.1) is 0 Å². The van der Waals surface area contributed by atoms with Crippen molar-refractivity contribution in [1.82, 2.24) is 5.32 Å². The molecule has 1 fully saturated rings. The summed E-state index contributed by atoms with van der Waals surface area (Å²) in [5.74, 6) is 0.713. The van der Waals surface area contributed by atoms with E-state index < -0.39 is 0 Å². The van der Waals surface area contributed by atoms with Gasteiger partial charge in [-0.05, 0) is 48.9 Å². The highest BCUT2D eigenvalue weighted by molar-refractivity contribution is 5.40. The van der Waals surface area contributed by atoms with Gasteiger partial charge in [-0.2, -0.15) is 0 Å². The number of hydrogen-bond acceptors (Lipinski definition) is 2. The molecule has 2 rings (SSSR count). The third-order valence-corrected chi connectivity index (χ3v) is 3.90. The van der Waals surface area contributed by atoms with Crippen LogP contribution in [-0.2, 0) is 6.42 Å². The zero-order valence-corrected chi connectivity index (χ0v) is 12.1. The summed E-state index contributed by atoms with van der Waals surface area (Å²) in [6, 6.07) is 4.01. The fourth-order valence-corrected chi connectivity index (χ4v) is 2.77.